The summed E-state index contributed by atoms with van der Waals surface area (Å²) in [7, 11) is 2.07. The molecule has 0 spiro atoms. The summed E-state index contributed by atoms with van der Waals surface area (Å²) in [6, 6.07) is 15.7. The molecule has 2 aromatic heterocycles. The summed E-state index contributed by atoms with van der Waals surface area (Å²) in [4.78, 5) is 27.8. The van der Waals surface area contributed by atoms with Crippen molar-refractivity contribution in [3.8, 4) is 21.8 Å². The molecule has 0 bridgehead atoms. The maximum absolute atomic E-state index is 13.5. The maximum atomic E-state index is 13.5. The molecule has 7 heteroatoms. The van der Waals surface area contributed by atoms with Gasteiger partial charge in [0.2, 0.25) is 0 Å². The summed E-state index contributed by atoms with van der Waals surface area (Å²) in [6.45, 7) is 3.18. The molecule has 1 saturated heterocycles. The first-order valence-corrected chi connectivity index (χ1v) is 11.1. The van der Waals surface area contributed by atoms with Crippen LogP contribution in [0.4, 0.5) is 4.39 Å². The molecule has 0 atom stereocenters. The van der Waals surface area contributed by atoms with Crippen molar-refractivity contribution < 1.29 is 9.18 Å². The molecule has 156 valence electrons. The highest BCUT2D eigenvalue weighted by Gasteiger charge is 2.21. The number of hydrogen-bond donors (Lipinski definition) is 0. The quantitative estimate of drug-likeness (QED) is 0.477. The van der Waals surface area contributed by atoms with Crippen LogP contribution in [0.3, 0.4) is 0 Å². The van der Waals surface area contributed by atoms with E-state index in [0.717, 1.165) is 47.8 Å². The van der Waals surface area contributed by atoms with Crippen molar-refractivity contribution in [2.75, 3.05) is 33.2 Å². The van der Waals surface area contributed by atoms with Crippen LogP contribution in [0.25, 0.3) is 32.9 Å². The average molecular weight is 433 g/mol. The number of carbonyl (C=O) groups is 1. The number of fused-ring (bicyclic) bond motifs is 1. The van der Waals surface area contributed by atoms with Crippen LogP contribution >= 0.6 is 11.3 Å². The Labute approximate surface area is 183 Å². The number of likely N-dealkylation sites (N-methyl/N-ethyl adjacent to an activating group) is 1. The van der Waals surface area contributed by atoms with E-state index in [1.807, 2.05) is 40.6 Å². The fraction of sp³-hybridized carbons (Fsp3) is 0.208. The normalized spacial score (nSPS) is 14.8. The summed E-state index contributed by atoms with van der Waals surface area (Å²) in [5, 5.41) is 1.99. The van der Waals surface area contributed by atoms with Crippen LogP contribution in [0, 0.1) is 5.82 Å². The Morgan fingerprint density at radius 2 is 1.68 bits per heavy atom. The van der Waals surface area contributed by atoms with Gasteiger partial charge in [0.05, 0.1) is 21.6 Å². The number of nitrogens with zero attached hydrogens (tertiary/aromatic N) is 4. The average Bonchev–Trinajstić information content (AvgIpc) is 3.33. The van der Waals surface area contributed by atoms with E-state index < -0.39 is 0 Å². The third kappa shape index (κ3) is 3.94. The SMILES string of the molecule is CN1CCN(C(=O)c2ccc3nc(-c4cccs4)c(-c4ccc(F)cc4)nc3c2)CC1. The molecule has 31 heavy (non-hydrogen) atoms. The van der Waals surface area contributed by atoms with Crippen LogP contribution in [0.2, 0.25) is 0 Å². The van der Waals surface area contributed by atoms with Gasteiger partial charge in [-0.05, 0) is 61.0 Å². The Morgan fingerprint density at radius 1 is 0.935 bits per heavy atom. The lowest BCUT2D eigenvalue weighted by Gasteiger charge is -2.32. The van der Waals surface area contributed by atoms with E-state index in [0.29, 0.717) is 16.8 Å². The third-order valence-corrected chi connectivity index (χ3v) is 6.45. The van der Waals surface area contributed by atoms with Gasteiger partial charge >= 0.3 is 0 Å². The van der Waals surface area contributed by atoms with E-state index >= 15 is 0 Å². The number of hydrogen-bond acceptors (Lipinski definition) is 5. The molecule has 2 aromatic carbocycles. The van der Waals surface area contributed by atoms with Crippen molar-refractivity contribution >= 4 is 28.3 Å². The minimum atomic E-state index is -0.296. The monoisotopic (exact) mass is 432 g/mol. The van der Waals surface area contributed by atoms with E-state index in [4.69, 9.17) is 9.97 Å². The third-order valence-electron chi connectivity index (χ3n) is 5.57. The molecule has 5 nitrogen and oxygen atoms in total. The predicted molar refractivity (Wildman–Crippen MR) is 122 cm³/mol. The number of halogens is 1. The van der Waals surface area contributed by atoms with Crippen molar-refractivity contribution in [1.29, 1.82) is 0 Å². The Bertz CT molecular complexity index is 1230. The van der Waals surface area contributed by atoms with Crippen LogP contribution in [-0.4, -0.2) is 58.9 Å². The molecule has 1 aliphatic rings. The highest BCUT2D eigenvalue weighted by atomic mass is 32.1. The second kappa shape index (κ2) is 8.17. The highest BCUT2D eigenvalue weighted by Crippen LogP contribution is 2.33. The molecule has 0 radical (unpaired) electrons. The van der Waals surface area contributed by atoms with Gasteiger partial charge in [0.15, 0.2) is 0 Å². The van der Waals surface area contributed by atoms with E-state index in [9.17, 15) is 9.18 Å². The number of carbonyl (C=O) groups excluding carboxylic acids is 1. The second-order valence-electron chi connectivity index (χ2n) is 7.70. The topological polar surface area (TPSA) is 49.3 Å². The molecule has 4 aromatic rings. The molecule has 1 fully saturated rings. The van der Waals surface area contributed by atoms with Gasteiger partial charge in [-0.3, -0.25) is 4.79 Å². The molecular formula is C24H21FN4OS. The zero-order valence-corrected chi connectivity index (χ0v) is 17.9. The van der Waals surface area contributed by atoms with Gasteiger partial charge in [-0.15, -0.1) is 11.3 Å². The van der Waals surface area contributed by atoms with Crippen LogP contribution < -0.4 is 0 Å². The van der Waals surface area contributed by atoms with Crippen LogP contribution in [0.15, 0.2) is 60.0 Å². The van der Waals surface area contributed by atoms with Crippen LogP contribution in [0.1, 0.15) is 10.4 Å². The summed E-state index contributed by atoms with van der Waals surface area (Å²) in [6.07, 6.45) is 0. The minimum Gasteiger partial charge on any atom is -0.336 e. The Hall–Kier alpha value is -3.16. The minimum absolute atomic E-state index is 0.0162. The summed E-state index contributed by atoms with van der Waals surface area (Å²) in [5.74, 6) is -0.280. The van der Waals surface area contributed by atoms with Gasteiger partial charge in [-0.1, -0.05) is 6.07 Å². The zero-order valence-electron chi connectivity index (χ0n) is 17.1. The molecule has 3 heterocycles. The van der Waals surface area contributed by atoms with Gasteiger partial charge in [0, 0.05) is 37.3 Å². The number of amides is 1. The second-order valence-corrected chi connectivity index (χ2v) is 8.65. The maximum Gasteiger partial charge on any atom is 0.254 e. The number of piperazine rings is 1. The lowest BCUT2D eigenvalue weighted by Crippen LogP contribution is -2.47. The lowest BCUT2D eigenvalue weighted by atomic mass is 10.1. The first-order chi connectivity index (χ1) is 15.1. The van der Waals surface area contributed by atoms with Gasteiger partial charge in [0.25, 0.3) is 5.91 Å². The highest BCUT2D eigenvalue weighted by molar-refractivity contribution is 7.13. The number of thiophene rings is 1. The fourth-order valence-corrected chi connectivity index (χ4v) is 4.49. The molecule has 0 unspecified atom stereocenters. The Morgan fingerprint density at radius 3 is 2.39 bits per heavy atom. The molecule has 0 aliphatic carbocycles. The first kappa shape index (κ1) is 19.8. The van der Waals surface area contributed by atoms with Crippen LogP contribution in [0.5, 0.6) is 0 Å². The van der Waals surface area contributed by atoms with Crippen molar-refractivity contribution in [3.05, 3.63) is 71.4 Å². The van der Waals surface area contributed by atoms with Crippen molar-refractivity contribution in [2.24, 2.45) is 0 Å². The van der Waals surface area contributed by atoms with E-state index in [2.05, 4.69) is 11.9 Å². The molecule has 0 saturated carbocycles. The molecule has 0 N–H and O–H groups in total. The number of aromatic nitrogens is 2. The number of benzene rings is 2. The van der Waals surface area contributed by atoms with Gasteiger partial charge in [-0.25, -0.2) is 14.4 Å². The lowest BCUT2D eigenvalue weighted by molar-refractivity contribution is 0.0664. The molecule has 1 amide bonds. The largest absolute Gasteiger partial charge is 0.336 e. The standard InChI is InChI=1S/C24H21FN4OS/c1-28-10-12-29(13-11-28)24(30)17-6-9-19-20(15-17)27-22(16-4-7-18(25)8-5-16)23(26-19)21-3-2-14-31-21/h2-9,14-15H,10-13H2,1H3. The molecule has 1 aliphatic heterocycles. The predicted octanol–water partition coefficient (Wildman–Crippen LogP) is 4.55. The Kier molecular flexibility index (Phi) is 5.21. The van der Waals surface area contributed by atoms with Crippen molar-refractivity contribution in [1.82, 2.24) is 19.8 Å². The summed E-state index contributed by atoms with van der Waals surface area (Å²) in [5.41, 5.74) is 4.21. The summed E-state index contributed by atoms with van der Waals surface area (Å²) >= 11 is 1.58. The van der Waals surface area contributed by atoms with Gasteiger partial charge < -0.3 is 9.80 Å². The molecule has 5 rings (SSSR count). The van der Waals surface area contributed by atoms with Crippen LogP contribution in [-0.2, 0) is 0 Å². The molecular weight excluding hydrogens is 411 g/mol. The zero-order chi connectivity index (χ0) is 21.4. The van der Waals surface area contributed by atoms with Gasteiger partial charge in [0.1, 0.15) is 11.5 Å². The summed E-state index contributed by atoms with van der Waals surface area (Å²) < 4.78 is 13.5. The van der Waals surface area contributed by atoms with Crippen molar-refractivity contribution in [2.45, 2.75) is 0 Å². The van der Waals surface area contributed by atoms with Crippen molar-refractivity contribution in [3.63, 3.8) is 0 Å². The van der Waals surface area contributed by atoms with E-state index in [1.54, 1.807) is 23.5 Å². The van der Waals surface area contributed by atoms with Gasteiger partial charge in [-0.2, -0.15) is 0 Å². The smallest absolute Gasteiger partial charge is 0.254 e. The fourth-order valence-electron chi connectivity index (χ4n) is 3.77. The van der Waals surface area contributed by atoms with E-state index in [-0.39, 0.29) is 11.7 Å². The van der Waals surface area contributed by atoms with E-state index in [1.165, 1.54) is 12.1 Å². The number of rotatable bonds is 3. The first-order valence-electron chi connectivity index (χ1n) is 10.2. The Balaban J connectivity index is 1.59.